The van der Waals surface area contributed by atoms with Crippen molar-refractivity contribution in [2.75, 3.05) is 6.61 Å². The van der Waals surface area contributed by atoms with Crippen LogP contribution in [0, 0.1) is 5.92 Å². The molecule has 2 aliphatic carbocycles. The molecule has 2 saturated carbocycles. The molecule has 1 aromatic rings. The van der Waals surface area contributed by atoms with E-state index in [0.717, 1.165) is 18.6 Å². The van der Waals surface area contributed by atoms with Crippen molar-refractivity contribution in [3.63, 3.8) is 0 Å². The van der Waals surface area contributed by atoms with E-state index in [4.69, 9.17) is 9.63 Å². The predicted molar refractivity (Wildman–Crippen MR) is 65.5 cm³/mol. The molecule has 0 saturated heterocycles. The number of aliphatic hydroxyl groups excluding tert-OH is 2. The maximum Gasteiger partial charge on any atom is 0.273 e. The Morgan fingerprint density at radius 2 is 2.26 bits per heavy atom. The van der Waals surface area contributed by atoms with Crippen molar-refractivity contribution in [1.29, 1.82) is 0 Å². The van der Waals surface area contributed by atoms with E-state index in [9.17, 15) is 9.90 Å². The number of nitrogens with zero attached hydrogens (tertiary/aromatic N) is 1. The van der Waals surface area contributed by atoms with Crippen LogP contribution < -0.4 is 5.32 Å². The first kappa shape index (κ1) is 12.6. The fraction of sp³-hybridized carbons (Fsp3) is 0.692. The van der Waals surface area contributed by atoms with Crippen molar-refractivity contribution < 1.29 is 19.5 Å². The van der Waals surface area contributed by atoms with Crippen molar-refractivity contribution in [3.8, 4) is 0 Å². The summed E-state index contributed by atoms with van der Waals surface area (Å²) in [6.07, 6.45) is 2.72. The van der Waals surface area contributed by atoms with Crippen LogP contribution in [0.2, 0.25) is 0 Å². The van der Waals surface area contributed by atoms with Crippen LogP contribution in [0.5, 0.6) is 0 Å². The molecule has 6 heteroatoms. The minimum absolute atomic E-state index is 0.0523. The van der Waals surface area contributed by atoms with Crippen molar-refractivity contribution in [3.05, 3.63) is 17.5 Å². The fourth-order valence-corrected chi connectivity index (χ4v) is 2.63. The van der Waals surface area contributed by atoms with Gasteiger partial charge in [0.2, 0.25) is 0 Å². The quantitative estimate of drug-likeness (QED) is 0.733. The maximum atomic E-state index is 12.0. The maximum absolute atomic E-state index is 12.0. The molecule has 3 rings (SSSR count). The zero-order valence-electron chi connectivity index (χ0n) is 10.6. The molecule has 1 heterocycles. The number of amides is 1. The fourth-order valence-electron chi connectivity index (χ4n) is 2.63. The normalized spacial score (nSPS) is 30.5. The summed E-state index contributed by atoms with van der Waals surface area (Å²) in [5, 5.41) is 25.4. The Labute approximate surface area is 110 Å². The van der Waals surface area contributed by atoms with Gasteiger partial charge in [-0.2, -0.15) is 0 Å². The van der Waals surface area contributed by atoms with Gasteiger partial charge in [-0.25, -0.2) is 0 Å². The monoisotopic (exact) mass is 266 g/mol. The van der Waals surface area contributed by atoms with Crippen LogP contribution in [0.3, 0.4) is 0 Å². The van der Waals surface area contributed by atoms with Crippen LogP contribution in [0.15, 0.2) is 10.6 Å². The summed E-state index contributed by atoms with van der Waals surface area (Å²) in [6.45, 7) is -0.0523. The Kier molecular flexibility index (Phi) is 3.28. The number of aromatic nitrogens is 1. The van der Waals surface area contributed by atoms with Crippen LogP contribution in [-0.2, 0) is 0 Å². The molecule has 1 amide bonds. The average Bonchev–Trinajstić information content (AvgIpc) is 3.01. The van der Waals surface area contributed by atoms with Crippen molar-refractivity contribution in [1.82, 2.24) is 10.5 Å². The van der Waals surface area contributed by atoms with Crippen LogP contribution in [0.4, 0.5) is 0 Å². The summed E-state index contributed by atoms with van der Waals surface area (Å²) in [5.41, 5.74) is 0.295. The number of aliphatic hydroxyl groups is 2. The second-order valence-corrected chi connectivity index (χ2v) is 5.54. The third-order valence-electron chi connectivity index (χ3n) is 3.97. The molecule has 104 valence electrons. The molecule has 6 nitrogen and oxygen atoms in total. The molecular weight excluding hydrogens is 248 g/mol. The highest BCUT2D eigenvalue weighted by molar-refractivity contribution is 5.92. The molecule has 0 radical (unpaired) electrons. The SMILES string of the molecule is O=C(N[C@H]1C[C@H](CO)[C@@H](O)C1)c1cc(C2CC2)on1. The highest BCUT2D eigenvalue weighted by Crippen LogP contribution is 2.40. The lowest BCUT2D eigenvalue weighted by molar-refractivity contribution is 0.0902. The summed E-state index contributed by atoms with van der Waals surface area (Å²) < 4.78 is 5.14. The summed E-state index contributed by atoms with van der Waals surface area (Å²) in [6, 6.07) is 1.59. The second kappa shape index (κ2) is 4.94. The Bertz CT molecular complexity index is 469. The van der Waals surface area contributed by atoms with Gasteiger partial charge in [0.05, 0.1) is 6.10 Å². The van der Waals surface area contributed by atoms with E-state index in [1.54, 1.807) is 6.07 Å². The van der Waals surface area contributed by atoms with Crippen molar-refractivity contribution in [2.45, 2.75) is 43.7 Å². The number of carbonyl (C=O) groups is 1. The van der Waals surface area contributed by atoms with Gasteiger partial charge in [0.1, 0.15) is 5.76 Å². The molecule has 1 aromatic heterocycles. The average molecular weight is 266 g/mol. The minimum Gasteiger partial charge on any atom is -0.396 e. The van der Waals surface area contributed by atoms with E-state index in [0.29, 0.717) is 24.5 Å². The number of carbonyl (C=O) groups excluding carboxylic acids is 1. The zero-order valence-corrected chi connectivity index (χ0v) is 10.6. The van der Waals surface area contributed by atoms with Crippen LogP contribution in [0.25, 0.3) is 0 Å². The minimum atomic E-state index is -0.547. The Hall–Kier alpha value is -1.40. The van der Waals surface area contributed by atoms with Gasteiger partial charge in [-0.3, -0.25) is 4.79 Å². The molecule has 0 bridgehead atoms. The molecule has 2 aliphatic rings. The number of rotatable bonds is 4. The molecule has 0 aliphatic heterocycles. The number of hydrogen-bond donors (Lipinski definition) is 3. The lowest BCUT2D eigenvalue weighted by atomic mass is 10.1. The Morgan fingerprint density at radius 1 is 1.47 bits per heavy atom. The molecule has 0 unspecified atom stereocenters. The van der Waals surface area contributed by atoms with Crippen LogP contribution >= 0.6 is 0 Å². The van der Waals surface area contributed by atoms with E-state index in [2.05, 4.69) is 10.5 Å². The molecule has 2 fully saturated rings. The van der Waals surface area contributed by atoms with Crippen LogP contribution in [-0.4, -0.2) is 40.0 Å². The largest absolute Gasteiger partial charge is 0.396 e. The summed E-state index contributed by atoms with van der Waals surface area (Å²) in [4.78, 5) is 12.0. The van der Waals surface area contributed by atoms with Crippen LogP contribution in [0.1, 0.15) is 47.8 Å². The first-order chi connectivity index (χ1) is 9.17. The molecule has 19 heavy (non-hydrogen) atoms. The van der Waals surface area contributed by atoms with E-state index in [1.165, 1.54) is 0 Å². The molecule has 3 N–H and O–H groups in total. The van der Waals surface area contributed by atoms with Gasteiger partial charge in [0, 0.05) is 30.6 Å². The lowest BCUT2D eigenvalue weighted by Crippen LogP contribution is -2.33. The van der Waals surface area contributed by atoms with Gasteiger partial charge < -0.3 is 20.1 Å². The first-order valence-electron chi connectivity index (χ1n) is 6.73. The third kappa shape index (κ3) is 2.64. The standard InChI is InChI=1S/C13H18N2O4/c16-6-8-3-9(4-11(8)17)14-13(18)10-5-12(19-15-10)7-1-2-7/h5,7-9,11,16-17H,1-4,6H2,(H,14,18)/t8-,9+,11+/m1/s1. The van der Waals surface area contributed by atoms with Gasteiger partial charge in [-0.15, -0.1) is 0 Å². The smallest absolute Gasteiger partial charge is 0.273 e. The van der Waals surface area contributed by atoms with Gasteiger partial charge in [-0.05, 0) is 25.7 Å². The van der Waals surface area contributed by atoms with E-state index >= 15 is 0 Å². The summed E-state index contributed by atoms with van der Waals surface area (Å²) in [7, 11) is 0. The Morgan fingerprint density at radius 3 is 2.89 bits per heavy atom. The highest BCUT2D eigenvalue weighted by atomic mass is 16.5. The van der Waals surface area contributed by atoms with Gasteiger partial charge in [0.15, 0.2) is 5.69 Å². The van der Waals surface area contributed by atoms with E-state index < -0.39 is 6.10 Å². The Balaban J connectivity index is 1.58. The topological polar surface area (TPSA) is 95.6 Å². The number of hydrogen-bond acceptors (Lipinski definition) is 5. The molecule has 0 spiro atoms. The number of nitrogens with one attached hydrogen (secondary N) is 1. The molecular formula is C13H18N2O4. The highest BCUT2D eigenvalue weighted by Gasteiger charge is 2.34. The van der Waals surface area contributed by atoms with E-state index in [1.807, 2.05) is 0 Å². The summed E-state index contributed by atoms with van der Waals surface area (Å²) in [5.74, 6) is 0.794. The van der Waals surface area contributed by atoms with Crippen molar-refractivity contribution >= 4 is 5.91 Å². The molecule has 0 aromatic carbocycles. The van der Waals surface area contributed by atoms with Gasteiger partial charge in [0.25, 0.3) is 5.91 Å². The van der Waals surface area contributed by atoms with Gasteiger partial charge in [-0.1, -0.05) is 5.16 Å². The molecule has 3 atom stereocenters. The third-order valence-corrected chi connectivity index (χ3v) is 3.97. The van der Waals surface area contributed by atoms with E-state index in [-0.39, 0.29) is 24.5 Å². The predicted octanol–water partition coefficient (Wildman–Crippen LogP) is 0.414. The van der Waals surface area contributed by atoms with Gasteiger partial charge >= 0.3 is 0 Å². The second-order valence-electron chi connectivity index (χ2n) is 5.54. The lowest BCUT2D eigenvalue weighted by Gasteiger charge is -2.10. The van der Waals surface area contributed by atoms with Crippen molar-refractivity contribution in [2.24, 2.45) is 5.92 Å². The summed E-state index contributed by atoms with van der Waals surface area (Å²) >= 11 is 0. The first-order valence-corrected chi connectivity index (χ1v) is 6.73. The zero-order chi connectivity index (χ0) is 13.4.